The molecule has 5 rings (SSSR count). The summed E-state index contributed by atoms with van der Waals surface area (Å²) < 4.78 is 29.4. The minimum atomic E-state index is -0.242. The molecule has 0 amide bonds. The predicted octanol–water partition coefficient (Wildman–Crippen LogP) is 7.26. The standard InChI is InChI=1S/C26H25F2N3S.3ClH/c27-22-7-3-18(4-8-22)14-31(16-23-2-1-11-29-23)15-21-12-19(5-9-24(21)28)20-6-10-26-25(13-20)30-17-32-26;;;/h3-10,12-13,17,23,29H,1-2,11,14-16H2;3*1H/t23-;;;/m1.../s1. The second-order valence-corrected chi connectivity index (χ2v) is 9.32. The van der Waals surface area contributed by atoms with Crippen LogP contribution in [0.2, 0.25) is 0 Å². The molecule has 3 aromatic carbocycles. The van der Waals surface area contributed by atoms with Crippen LogP contribution in [0.3, 0.4) is 0 Å². The molecule has 1 aromatic heterocycles. The zero-order valence-corrected chi connectivity index (χ0v) is 22.2. The number of hydrogen-bond donors (Lipinski definition) is 1. The van der Waals surface area contributed by atoms with E-state index in [1.165, 1.54) is 12.1 Å². The van der Waals surface area contributed by atoms with Crippen molar-refractivity contribution < 1.29 is 8.78 Å². The second-order valence-electron chi connectivity index (χ2n) is 8.43. The molecule has 1 aliphatic heterocycles. The lowest BCUT2D eigenvalue weighted by molar-refractivity contribution is 0.230. The molecule has 35 heavy (non-hydrogen) atoms. The van der Waals surface area contributed by atoms with Crippen molar-refractivity contribution in [3.05, 3.63) is 88.9 Å². The van der Waals surface area contributed by atoms with E-state index in [0.29, 0.717) is 24.7 Å². The van der Waals surface area contributed by atoms with Gasteiger partial charge in [0.15, 0.2) is 0 Å². The Balaban J connectivity index is 0.00000144. The van der Waals surface area contributed by atoms with Gasteiger partial charge in [-0.3, -0.25) is 4.90 Å². The largest absolute Gasteiger partial charge is 0.313 e. The first kappa shape index (κ1) is 29.4. The van der Waals surface area contributed by atoms with Gasteiger partial charge in [0.2, 0.25) is 0 Å². The Morgan fingerprint density at radius 2 is 1.66 bits per heavy atom. The number of aromatic nitrogens is 1. The summed E-state index contributed by atoms with van der Waals surface area (Å²) in [4.78, 5) is 6.66. The molecule has 1 aliphatic rings. The smallest absolute Gasteiger partial charge is 0.127 e. The normalized spacial score (nSPS) is 14.9. The minimum absolute atomic E-state index is 0. The maximum Gasteiger partial charge on any atom is 0.127 e. The van der Waals surface area contributed by atoms with Crippen LogP contribution >= 0.6 is 48.6 Å². The van der Waals surface area contributed by atoms with Crippen LogP contribution in [-0.4, -0.2) is 29.0 Å². The number of hydrogen-bond acceptors (Lipinski definition) is 4. The summed E-state index contributed by atoms with van der Waals surface area (Å²) in [6.07, 6.45) is 2.29. The number of benzene rings is 3. The molecule has 0 spiro atoms. The van der Waals surface area contributed by atoms with Crippen LogP contribution in [0.4, 0.5) is 8.78 Å². The molecular formula is C26H28Cl3F2N3S. The van der Waals surface area contributed by atoms with Gasteiger partial charge in [0.1, 0.15) is 11.6 Å². The van der Waals surface area contributed by atoms with Crippen molar-refractivity contribution in [1.82, 2.24) is 15.2 Å². The van der Waals surface area contributed by atoms with Crippen LogP contribution in [0, 0.1) is 11.6 Å². The summed E-state index contributed by atoms with van der Waals surface area (Å²) in [6.45, 7) is 2.99. The van der Waals surface area contributed by atoms with Crippen molar-refractivity contribution in [1.29, 1.82) is 0 Å². The van der Waals surface area contributed by atoms with Crippen LogP contribution in [0.15, 0.2) is 66.2 Å². The quantitative estimate of drug-likeness (QED) is 0.259. The average Bonchev–Trinajstić information content (AvgIpc) is 3.48. The SMILES string of the molecule is Cl.Cl.Cl.Fc1ccc(CN(Cc2cc(-c3ccc4scnc4c3)ccc2F)C[C@H]2CCCN2)cc1. The Labute approximate surface area is 227 Å². The van der Waals surface area contributed by atoms with E-state index in [9.17, 15) is 8.78 Å². The first-order valence-electron chi connectivity index (χ1n) is 11.0. The van der Waals surface area contributed by atoms with Crippen LogP contribution in [0.25, 0.3) is 21.3 Å². The zero-order valence-electron chi connectivity index (χ0n) is 19.0. The minimum Gasteiger partial charge on any atom is -0.313 e. The molecule has 0 radical (unpaired) electrons. The van der Waals surface area contributed by atoms with E-state index in [0.717, 1.165) is 52.8 Å². The van der Waals surface area contributed by atoms with E-state index >= 15 is 0 Å². The lowest BCUT2D eigenvalue weighted by atomic mass is 10.0. The lowest BCUT2D eigenvalue weighted by Gasteiger charge is -2.26. The maximum atomic E-state index is 14.9. The van der Waals surface area contributed by atoms with E-state index < -0.39 is 0 Å². The Morgan fingerprint density at radius 1 is 0.914 bits per heavy atom. The Kier molecular flexibility index (Phi) is 11.3. The molecule has 0 saturated carbocycles. The third-order valence-corrected chi connectivity index (χ3v) is 6.87. The molecule has 1 fully saturated rings. The third kappa shape index (κ3) is 7.35. The van der Waals surface area contributed by atoms with E-state index in [1.54, 1.807) is 29.5 Å². The van der Waals surface area contributed by atoms with Crippen molar-refractivity contribution in [2.75, 3.05) is 13.1 Å². The third-order valence-electron chi connectivity index (χ3n) is 6.06. The van der Waals surface area contributed by atoms with Gasteiger partial charge in [-0.2, -0.15) is 0 Å². The summed E-state index contributed by atoms with van der Waals surface area (Å²) in [5.41, 5.74) is 6.51. The summed E-state index contributed by atoms with van der Waals surface area (Å²) in [6, 6.07) is 18.5. The van der Waals surface area contributed by atoms with Gasteiger partial charge in [0.05, 0.1) is 15.7 Å². The summed E-state index contributed by atoms with van der Waals surface area (Å²) >= 11 is 1.61. The van der Waals surface area contributed by atoms with Gasteiger partial charge in [-0.1, -0.05) is 24.3 Å². The summed E-state index contributed by atoms with van der Waals surface area (Å²) in [7, 11) is 0. The highest BCUT2D eigenvalue weighted by Crippen LogP contribution is 2.28. The highest BCUT2D eigenvalue weighted by atomic mass is 35.5. The highest BCUT2D eigenvalue weighted by Gasteiger charge is 2.20. The number of thiazole rings is 1. The van der Waals surface area contributed by atoms with E-state index in [4.69, 9.17) is 0 Å². The molecule has 3 nitrogen and oxygen atoms in total. The van der Waals surface area contributed by atoms with E-state index in [2.05, 4.69) is 33.4 Å². The van der Waals surface area contributed by atoms with Gasteiger partial charge in [-0.05, 0) is 72.5 Å². The molecule has 188 valence electrons. The number of fused-ring (bicyclic) bond motifs is 1. The topological polar surface area (TPSA) is 28.2 Å². The highest BCUT2D eigenvalue weighted by molar-refractivity contribution is 7.16. The molecule has 1 N–H and O–H groups in total. The lowest BCUT2D eigenvalue weighted by Crippen LogP contribution is -2.37. The maximum absolute atomic E-state index is 14.9. The number of halogens is 5. The molecule has 0 bridgehead atoms. The van der Waals surface area contributed by atoms with Crippen molar-refractivity contribution >= 4 is 58.8 Å². The van der Waals surface area contributed by atoms with Crippen LogP contribution < -0.4 is 5.32 Å². The fourth-order valence-corrected chi connectivity index (χ4v) is 5.07. The van der Waals surface area contributed by atoms with Gasteiger partial charge in [0, 0.05) is 31.2 Å². The molecule has 0 unspecified atom stereocenters. The van der Waals surface area contributed by atoms with E-state index in [-0.39, 0.29) is 48.9 Å². The number of rotatable bonds is 7. The predicted molar refractivity (Wildman–Crippen MR) is 148 cm³/mol. The van der Waals surface area contributed by atoms with Gasteiger partial charge >= 0.3 is 0 Å². The van der Waals surface area contributed by atoms with Gasteiger partial charge < -0.3 is 5.32 Å². The Hall–Kier alpha value is -1.80. The fraction of sp³-hybridized carbons (Fsp3) is 0.269. The molecule has 9 heteroatoms. The molecule has 4 aromatic rings. The van der Waals surface area contributed by atoms with Crippen molar-refractivity contribution in [3.63, 3.8) is 0 Å². The molecular weight excluding hydrogens is 531 g/mol. The fourth-order valence-electron chi connectivity index (χ4n) is 4.41. The van der Waals surface area contributed by atoms with Crippen LogP contribution in [0.5, 0.6) is 0 Å². The second kappa shape index (κ2) is 13.5. The zero-order chi connectivity index (χ0) is 21.9. The first-order valence-corrected chi connectivity index (χ1v) is 11.8. The molecule has 1 saturated heterocycles. The first-order chi connectivity index (χ1) is 15.6. The number of nitrogens with one attached hydrogen (secondary N) is 1. The summed E-state index contributed by atoms with van der Waals surface area (Å²) in [5, 5.41) is 3.53. The number of nitrogens with zero attached hydrogens (tertiary/aromatic N) is 2. The molecule has 2 heterocycles. The average molecular weight is 559 g/mol. The van der Waals surface area contributed by atoms with Gasteiger partial charge in [0.25, 0.3) is 0 Å². The van der Waals surface area contributed by atoms with Crippen LogP contribution in [0.1, 0.15) is 24.0 Å². The Bertz CT molecular complexity index is 1210. The molecule has 1 atom stereocenters. The summed E-state index contributed by atoms with van der Waals surface area (Å²) in [5.74, 6) is -0.444. The van der Waals surface area contributed by atoms with Crippen LogP contribution in [-0.2, 0) is 13.1 Å². The van der Waals surface area contributed by atoms with Gasteiger partial charge in [-0.25, -0.2) is 13.8 Å². The van der Waals surface area contributed by atoms with Crippen molar-refractivity contribution in [3.8, 4) is 11.1 Å². The Morgan fingerprint density at radius 3 is 2.40 bits per heavy atom. The monoisotopic (exact) mass is 557 g/mol. The van der Waals surface area contributed by atoms with Gasteiger partial charge in [-0.15, -0.1) is 48.6 Å². The molecule has 0 aliphatic carbocycles. The van der Waals surface area contributed by atoms with Crippen molar-refractivity contribution in [2.45, 2.75) is 32.0 Å². The van der Waals surface area contributed by atoms with E-state index in [1.807, 2.05) is 17.6 Å². The van der Waals surface area contributed by atoms with Crippen molar-refractivity contribution in [2.24, 2.45) is 0 Å².